The van der Waals surface area contributed by atoms with Crippen LogP contribution in [-0.2, 0) is 10.2 Å². The zero-order chi connectivity index (χ0) is 22.4. The number of phenolic OH excluding ortho intramolecular Hbond substituents is 1. The zero-order valence-corrected chi connectivity index (χ0v) is 19.3. The van der Waals surface area contributed by atoms with Gasteiger partial charge in [0.25, 0.3) is 0 Å². The molecule has 0 fully saturated rings. The molecule has 164 valence electrons. The molecule has 0 bridgehead atoms. The normalized spacial score (nSPS) is 11.7. The molecule has 3 aromatic rings. The molecule has 3 rings (SSSR count). The lowest BCUT2D eigenvalue weighted by molar-refractivity contribution is 0.0787. The van der Waals surface area contributed by atoms with Crippen LogP contribution in [0, 0.1) is 0 Å². The Hall–Kier alpha value is -2.85. The van der Waals surface area contributed by atoms with Gasteiger partial charge in [-0.25, -0.2) is 4.98 Å². The molecule has 0 saturated carbocycles. The second-order valence-corrected chi connectivity index (χ2v) is 9.20. The molecule has 0 unspecified atom stereocenters. The maximum Gasteiger partial charge on any atom is 0.127 e. The highest BCUT2D eigenvalue weighted by atomic mass is 16.5. The smallest absolute Gasteiger partial charge is 0.127 e. The molecule has 0 saturated heterocycles. The van der Waals surface area contributed by atoms with Gasteiger partial charge in [-0.15, -0.1) is 0 Å². The quantitative estimate of drug-likeness (QED) is 0.402. The summed E-state index contributed by atoms with van der Waals surface area (Å²) in [5.74, 6) is 1.09. The monoisotopic (exact) mass is 418 g/mol. The van der Waals surface area contributed by atoms with Gasteiger partial charge in [-0.1, -0.05) is 45.0 Å². The number of aromatic nitrogens is 1. The summed E-state index contributed by atoms with van der Waals surface area (Å²) < 4.78 is 5.63. The van der Waals surface area contributed by atoms with E-state index >= 15 is 0 Å². The lowest BCUT2D eigenvalue weighted by Gasteiger charge is -2.19. The fourth-order valence-corrected chi connectivity index (χ4v) is 3.34. The van der Waals surface area contributed by atoms with E-state index in [1.807, 2.05) is 26.0 Å². The Labute approximate surface area is 186 Å². The molecular formula is C27H34N2O2. The molecule has 0 aliphatic rings. The van der Waals surface area contributed by atoms with E-state index in [1.54, 1.807) is 12.1 Å². The molecule has 2 N–H and O–H groups in total. The highest BCUT2D eigenvalue weighted by Gasteiger charge is 2.14. The number of pyridine rings is 1. The average Bonchev–Trinajstić information content (AvgIpc) is 2.73. The van der Waals surface area contributed by atoms with Gasteiger partial charge in [0, 0.05) is 18.7 Å². The van der Waals surface area contributed by atoms with Crippen molar-refractivity contribution in [1.82, 2.24) is 4.98 Å². The van der Waals surface area contributed by atoms with E-state index < -0.39 is 0 Å². The van der Waals surface area contributed by atoms with E-state index in [0.29, 0.717) is 0 Å². The van der Waals surface area contributed by atoms with Gasteiger partial charge in [-0.05, 0) is 78.8 Å². The summed E-state index contributed by atoms with van der Waals surface area (Å²) in [4.78, 5) is 4.81. The predicted octanol–water partition coefficient (Wildman–Crippen LogP) is 6.65. The summed E-state index contributed by atoms with van der Waals surface area (Å²) in [6.07, 6.45) is 1.16. The van der Waals surface area contributed by atoms with E-state index in [2.05, 4.69) is 62.5 Å². The van der Waals surface area contributed by atoms with Crippen LogP contribution in [0.25, 0.3) is 22.4 Å². The van der Waals surface area contributed by atoms with Crippen LogP contribution >= 0.6 is 0 Å². The minimum Gasteiger partial charge on any atom is -0.508 e. The minimum atomic E-state index is 0.124. The molecule has 0 atom stereocenters. The van der Waals surface area contributed by atoms with Crippen molar-refractivity contribution in [2.45, 2.75) is 52.6 Å². The Morgan fingerprint density at radius 2 is 1.55 bits per heavy atom. The first-order chi connectivity index (χ1) is 14.7. The number of nitrogens with zero attached hydrogens (tertiary/aromatic N) is 1. The van der Waals surface area contributed by atoms with Gasteiger partial charge in [-0.2, -0.15) is 0 Å². The van der Waals surface area contributed by atoms with Crippen LogP contribution in [0.3, 0.4) is 0 Å². The number of hydrogen-bond acceptors (Lipinski definition) is 4. The van der Waals surface area contributed by atoms with Crippen molar-refractivity contribution in [3.8, 4) is 28.1 Å². The lowest BCUT2D eigenvalue weighted by Crippen LogP contribution is -2.10. The molecule has 2 aromatic carbocycles. The van der Waals surface area contributed by atoms with Crippen molar-refractivity contribution >= 4 is 5.82 Å². The van der Waals surface area contributed by atoms with Crippen molar-refractivity contribution in [1.29, 1.82) is 0 Å². The maximum absolute atomic E-state index is 9.64. The summed E-state index contributed by atoms with van der Waals surface area (Å²) in [7, 11) is 0. The summed E-state index contributed by atoms with van der Waals surface area (Å²) >= 11 is 0. The molecule has 4 nitrogen and oxygen atoms in total. The van der Waals surface area contributed by atoms with Crippen LogP contribution in [0.15, 0.2) is 60.7 Å². The lowest BCUT2D eigenvalue weighted by atomic mass is 9.86. The van der Waals surface area contributed by atoms with Crippen molar-refractivity contribution in [3.63, 3.8) is 0 Å². The number of hydrogen-bond donors (Lipinski definition) is 2. The summed E-state index contributed by atoms with van der Waals surface area (Å²) in [6, 6.07) is 20.1. The Morgan fingerprint density at radius 3 is 2.16 bits per heavy atom. The van der Waals surface area contributed by atoms with Crippen molar-refractivity contribution in [3.05, 3.63) is 66.2 Å². The van der Waals surface area contributed by atoms with Crippen molar-refractivity contribution in [2.24, 2.45) is 0 Å². The topological polar surface area (TPSA) is 54.4 Å². The fourth-order valence-electron chi connectivity index (χ4n) is 3.34. The first kappa shape index (κ1) is 22.8. The highest BCUT2D eigenvalue weighted by Crippen LogP contribution is 2.30. The Kier molecular flexibility index (Phi) is 7.34. The second kappa shape index (κ2) is 9.97. The number of aromatic hydroxyl groups is 1. The van der Waals surface area contributed by atoms with Crippen LogP contribution in [0.5, 0.6) is 5.75 Å². The largest absolute Gasteiger partial charge is 0.508 e. The Balaban J connectivity index is 1.88. The minimum absolute atomic E-state index is 0.124. The van der Waals surface area contributed by atoms with Gasteiger partial charge in [0.1, 0.15) is 11.6 Å². The SMILES string of the molecule is CC(C)OCCCNc1cc(-c2ccc(C(C)(C)C)cc2)cc(-c2ccc(O)cc2)n1. The van der Waals surface area contributed by atoms with Gasteiger partial charge >= 0.3 is 0 Å². The third kappa shape index (κ3) is 6.56. The summed E-state index contributed by atoms with van der Waals surface area (Å²) in [5, 5.41) is 13.1. The molecular weight excluding hydrogens is 384 g/mol. The van der Waals surface area contributed by atoms with E-state index in [9.17, 15) is 5.11 Å². The predicted molar refractivity (Wildman–Crippen MR) is 130 cm³/mol. The van der Waals surface area contributed by atoms with E-state index in [1.165, 1.54) is 5.56 Å². The van der Waals surface area contributed by atoms with Gasteiger partial charge in [0.2, 0.25) is 0 Å². The molecule has 1 aromatic heterocycles. The molecule has 31 heavy (non-hydrogen) atoms. The average molecular weight is 419 g/mol. The first-order valence-corrected chi connectivity index (χ1v) is 11.0. The van der Waals surface area contributed by atoms with Crippen LogP contribution in [0.1, 0.15) is 46.6 Å². The molecule has 1 heterocycles. The van der Waals surface area contributed by atoms with Crippen molar-refractivity contribution < 1.29 is 9.84 Å². The van der Waals surface area contributed by atoms with E-state index in [-0.39, 0.29) is 17.3 Å². The number of nitrogens with one attached hydrogen (secondary N) is 1. The number of benzene rings is 2. The van der Waals surface area contributed by atoms with Crippen molar-refractivity contribution in [2.75, 3.05) is 18.5 Å². The molecule has 0 amide bonds. The third-order valence-electron chi connectivity index (χ3n) is 5.15. The molecule has 4 heteroatoms. The summed E-state index contributed by atoms with van der Waals surface area (Å²) in [5.41, 5.74) is 5.54. The number of anilines is 1. The Morgan fingerprint density at radius 1 is 0.903 bits per heavy atom. The van der Waals surface area contributed by atoms with E-state index in [4.69, 9.17) is 9.72 Å². The molecule has 0 aliphatic carbocycles. The zero-order valence-electron chi connectivity index (χ0n) is 19.3. The number of phenols is 1. The second-order valence-electron chi connectivity index (χ2n) is 9.20. The van der Waals surface area contributed by atoms with Crippen LogP contribution in [-0.4, -0.2) is 29.3 Å². The van der Waals surface area contributed by atoms with Crippen LogP contribution < -0.4 is 5.32 Å². The summed E-state index contributed by atoms with van der Waals surface area (Å²) in [6.45, 7) is 12.3. The Bertz CT molecular complexity index is 972. The highest BCUT2D eigenvalue weighted by molar-refractivity contribution is 5.74. The van der Waals surface area contributed by atoms with Crippen LogP contribution in [0.4, 0.5) is 5.82 Å². The number of rotatable bonds is 8. The standard InChI is InChI=1S/C27H34N2O2/c1-19(2)31-16-6-15-28-26-18-22(20-7-11-23(12-8-20)27(3,4)5)17-25(29-26)21-9-13-24(30)14-10-21/h7-14,17-19,30H,6,15-16H2,1-5H3,(H,28,29). The van der Waals surface area contributed by atoms with Gasteiger partial charge < -0.3 is 15.2 Å². The third-order valence-corrected chi connectivity index (χ3v) is 5.15. The molecule has 0 spiro atoms. The van der Waals surface area contributed by atoms with Gasteiger partial charge in [0.05, 0.1) is 11.8 Å². The van der Waals surface area contributed by atoms with Gasteiger partial charge in [-0.3, -0.25) is 0 Å². The number of ether oxygens (including phenoxy) is 1. The molecule has 0 radical (unpaired) electrons. The van der Waals surface area contributed by atoms with Crippen LogP contribution in [0.2, 0.25) is 0 Å². The fraction of sp³-hybridized carbons (Fsp3) is 0.370. The first-order valence-electron chi connectivity index (χ1n) is 11.0. The van der Waals surface area contributed by atoms with Gasteiger partial charge in [0.15, 0.2) is 0 Å². The van der Waals surface area contributed by atoms with E-state index in [0.717, 1.165) is 47.8 Å². The molecule has 0 aliphatic heterocycles. The maximum atomic E-state index is 9.64.